The van der Waals surface area contributed by atoms with Crippen molar-refractivity contribution in [2.75, 3.05) is 11.9 Å². The molecule has 0 amide bonds. The van der Waals surface area contributed by atoms with Crippen molar-refractivity contribution in [2.45, 2.75) is 44.6 Å². The van der Waals surface area contributed by atoms with Crippen LogP contribution in [0.4, 0.5) is 5.82 Å². The SMILES string of the molecule is [CH2][C@@H]1C[C@@H](Nc2ncncc2C(=O)c2cc([C@@H]3OCCn4nc(C)cc43)cs2)C[C@@H]1O. The second-order valence-electron chi connectivity index (χ2n) is 8.18. The number of nitrogens with zero attached hydrogens (tertiary/aromatic N) is 4. The van der Waals surface area contributed by atoms with E-state index in [1.54, 1.807) is 6.20 Å². The van der Waals surface area contributed by atoms with Gasteiger partial charge in [0.15, 0.2) is 0 Å². The van der Waals surface area contributed by atoms with Gasteiger partial charge in [-0.05, 0) is 55.7 Å². The molecule has 4 heterocycles. The molecule has 4 atom stereocenters. The summed E-state index contributed by atoms with van der Waals surface area (Å²) < 4.78 is 7.98. The summed E-state index contributed by atoms with van der Waals surface area (Å²) in [5, 5.41) is 19.8. The fourth-order valence-corrected chi connectivity index (χ4v) is 5.21. The molecular formula is C22H24N5O3S. The van der Waals surface area contributed by atoms with Crippen LogP contribution in [0.25, 0.3) is 0 Å². The Balaban J connectivity index is 1.38. The molecule has 2 N–H and O–H groups in total. The van der Waals surface area contributed by atoms with Crippen molar-refractivity contribution < 1.29 is 14.6 Å². The smallest absolute Gasteiger partial charge is 0.208 e. The van der Waals surface area contributed by atoms with Gasteiger partial charge in [0.1, 0.15) is 18.2 Å². The molecule has 161 valence electrons. The fraction of sp³-hybridized carbons (Fsp3) is 0.409. The monoisotopic (exact) mass is 438 g/mol. The maximum Gasteiger partial charge on any atom is 0.208 e. The van der Waals surface area contributed by atoms with Gasteiger partial charge in [0.05, 0.1) is 41.1 Å². The van der Waals surface area contributed by atoms with Gasteiger partial charge in [-0.2, -0.15) is 5.10 Å². The van der Waals surface area contributed by atoms with Gasteiger partial charge in [0.25, 0.3) is 0 Å². The zero-order chi connectivity index (χ0) is 21.5. The van der Waals surface area contributed by atoms with E-state index in [0.717, 1.165) is 29.9 Å². The highest BCUT2D eigenvalue weighted by atomic mass is 32.1. The molecule has 31 heavy (non-hydrogen) atoms. The van der Waals surface area contributed by atoms with Crippen molar-refractivity contribution in [2.24, 2.45) is 5.92 Å². The van der Waals surface area contributed by atoms with Gasteiger partial charge in [-0.1, -0.05) is 0 Å². The number of hydrogen-bond donors (Lipinski definition) is 2. The summed E-state index contributed by atoms with van der Waals surface area (Å²) in [6, 6.07) is 3.94. The molecule has 5 rings (SSSR count). The maximum absolute atomic E-state index is 13.3. The van der Waals surface area contributed by atoms with Crippen LogP contribution in [0.15, 0.2) is 30.0 Å². The minimum Gasteiger partial charge on any atom is -0.393 e. The number of nitrogens with one attached hydrogen (secondary N) is 1. The first-order chi connectivity index (χ1) is 15.0. The van der Waals surface area contributed by atoms with Crippen LogP contribution in [0, 0.1) is 19.8 Å². The Hall–Kier alpha value is -2.62. The van der Waals surface area contributed by atoms with Crippen LogP contribution in [0.1, 0.15) is 51.1 Å². The second kappa shape index (κ2) is 8.14. The van der Waals surface area contributed by atoms with Gasteiger partial charge in [-0.3, -0.25) is 9.48 Å². The lowest BCUT2D eigenvalue weighted by Gasteiger charge is -2.23. The van der Waals surface area contributed by atoms with Crippen molar-refractivity contribution in [3.05, 3.63) is 64.4 Å². The maximum atomic E-state index is 13.3. The predicted octanol–water partition coefficient (Wildman–Crippen LogP) is 2.78. The number of hydrogen-bond acceptors (Lipinski definition) is 8. The summed E-state index contributed by atoms with van der Waals surface area (Å²) in [4.78, 5) is 22.2. The predicted molar refractivity (Wildman–Crippen MR) is 116 cm³/mol. The molecule has 8 nitrogen and oxygen atoms in total. The molecule has 0 unspecified atom stereocenters. The highest BCUT2D eigenvalue weighted by Crippen LogP contribution is 2.34. The van der Waals surface area contributed by atoms with E-state index in [0.29, 0.717) is 29.3 Å². The molecule has 0 bridgehead atoms. The van der Waals surface area contributed by atoms with E-state index in [2.05, 4.69) is 27.3 Å². The van der Waals surface area contributed by atoms with Crippen LogP contribution < -0.4 is 5.32 Å². The molecule has 9 heteroatoms. The van der Waals surface area contributed by atoms with Gasteiger partial charge < -0.3 is 15.2 Å². The average molecular weight is 439 g/mol. The standard InChI is InChI=1S/C22H24N5O3S/c1-12-5-15(8-18(12)28)25-22-16(9-23-11-24-22)20(29)19-7-14(10-31-19)21-17-6-13(2)26-27(17)3-4-30-21/h6-7,9-12,15,18,21,28H,1,3-5,8H2,2H3,(H,23,24,25)/t12-,15-,18+,21+/m1/s1. The first-order valence-electron chi connectivity index (χ1n) is 10.4. The lowest BCUT2D eigenvalue weighted by Crippen LogP contribution is -2.22. The van der Waals surface area contributed by atoms with Crippen LogP contribution in [0.2, 0.25) is 0 Å². The molecule has 1 aliphatic heterocycles. The van der Waals surface area contributed by atoms with Crippen LogP contribution in [0.3, 0.4) is 0 Å². The number of aryl methyl sites for hydroxylation is 1. The van der Waals surface area contributed by atoms with E-state index in [-0.39, 0.29) is 23.8 Å². The third-order valence-corrected chi connectivity index (χ3v) is 6.84. The van der Waals surface area contributed by atoms with Gasteiger partial charge in [-0.25, -0.2) is 9.97 Å². The Morgan fingerprint density at radius 2 is 2.26 bits per heavy atom. The van der Waals surface area contributed by atoms with Crippen LogP contribution in [-0.2, 0) is 11.3 Å². The van der Waals surface area contributed by atoms with E-state index in [9.17, 15) is 9.90 Å². The number of ether oxygens (including phenoxy) is 1. The first kappa shape index (κ1) is 20.3. The number of carbonyl (C=O) groups excluding carboxylic acids is 1. The highest BCUT2D eigenvalue weighted by molar-refractivity contribution is 7.12. The number of thiophene rings is 1. The molecule has 0 aromatic carbocycles. The minimum absolute atomic E-state index is 0.0223. The van der Waals surface area contributed by atoms with Crippen molar-refractivity contribution in [3.63, 3.8) is 0 Å². The summed E-state index contributed by atoms with van der Waals surface area (Å²) in [6.45, 7) is 7.26. The Morgan fingerprint density at radius 1 is 1.39 bits per heavy atom. The van der Waals surface area contributed by atoms with E-state index in [1.807, 2.05) is 29.1 Å². The third-order valence-electron chi connectivity index (χ3n) is 5.89. The number of aromatic nitrogens is 4. The Bertz CT molecular complexity index is 1100. The fourth-order valence-electron chi connectivity index (χ4n) is 4.33. The molecular weight excluding hydrogens is 414 g/mol. The number of fused-ring (bicyclic) bond motifs is 1. The number of aliphatic hydroxyl groups excluding tert-OH is 1. The molecule has 1 radical (unpaired) electrons. The molecule has 3 aromatic rings. The summed E-state index contributed by atoms with van der Waals surface area (Å²) in [6.07, 6.45) is 3.61. The lowest BCUT2D eigenvalue weighted by atomic mass is 10.1. The summed E-state index contributed by atoms with van der Waals surface area (Å²) in [5.41, 5.74) is 3.33. The lowest BCUT2D eigenvalue weighted by molar-refractivity contribution is 0.0424. The van der Waals surface area contributed by atoms with Crippen molar-refractivity contribution in [3.8, 4) is 0 Å². The first-order valence-corrected chi connectivity index (χ1v) is 11.2. The normalized spacial score (nSPS) is 25.4. The number of ketones is 1. The zero-order valence-corrected chi connectivity index (χ0v) is 18.0. The van der Waals surface area contributed by atoms with Crippen LogP contribution in [0.5, 0.6) is 0 Å². The van der Waals surface area contributed by atoms with Crippen molar-refractivity contribution >= 4 is 22.9 Å². The van der Waals surface area contributed by atoms with E-state index in [4.69, 9.17) is 4.74 Å². The van der Waals surface area contributed by atoms with Gasteiger partial charge in [0, 0.05) is 12.2 Å². The Labute approximate surface area is 184 Å². The average Bonchev–Trinajstić information content (AvgIpc) is 3.46. The van der Waals surface area contributed by atoms with E-state index < -0.39 is 6.10 Å². The van der Waals surface area contributed by atoms with Gasteiger partial charge >= 0.3 is 0 Å². The topological polar surface area (TPSA) is 102 Å². The van der Waals surface area contributed by atoms with Gasteiger partial charge in [-0.15, -0.1) is 11.3 Å². The molecule has 0 saturated heterocycles. The quantitative estimate of drug-likeness (QED) is 0.591. The third kappa shape index (κ3) is 3.88. The molecule has 1 fully saturated rings. The molecule has 0 spiro atoms. The summed E-state index contributed by atoms with van der Waals surface area (Å²) in [7, 11) is 0. The van der Waals surface area contributed by atoms with Crippen LogP contribution >= 0.6 is 11.3 Å². The Kier molecular flexibility index (Phi) is 5.33. The van der Waals surface area contributed by atoms with Gasteiger partial charge in [0.2, 0.25) is 5.78 Å². The molecule has 1 saturated carbocycles. The van der Waals surface area contributed by atoms with E-state index in [1.165, 1.54) is 17.7 Å². The number of carbonyl (C=O) groups is 1. The Morgan fingerprint density at radius 3 is 3.06 bits per heavy atom. The van der Waals surface area contributed by atoms with Crippen LogP contribution in [-0.4, -0.2) is 49.4 Å². The van der Waals surface area contributed by atoms with Crippen molar-refractivity contribution in [1.82, 2.24) is 19.7 Å². The number of anilines is 1. The van der Waals surface area contributed by atoms with Crippen molar-refractivity contribution in [1.29, 1.82) is 0 Å². The molecule has 3 aromatic heterocycles. The largest absolute Gasteiger partial charge is 0.393 e. The zero-order valence-electron chi connectivity index (χ0n) is 17.2. The number of rotatable bonds is 5. The summed E-state index contributed by atoms with van der Waals surface area (Å²) >= 11 is 1.39. The molecule has 1 aliphatic carbocycles. The number of aliphatic hydroxyl groups is 1. The molecule has 2 aliphatic rings. The summed E-state index contributed by atoms with van der Waals surface area (Å²) in [5.74, 6) is 0.333. The second-order valence-corrected chi connectivity index (χ2v) is 9.09. The minimum atomic E-state index is -0.439. The highest BCUT2D eigenvalue weighted by Gasteiger charge is 2.31. The van der Waals surface area contributed by atoms with E-state index >= 15 is 0 Å².